The molecule has 0 aliphatic heterocycles. The number of aromatic nitrogens is 2. The molecular weight excluding hydrogens is 254 g/mol. The van der Waals surface area contributed by atoms with Gasteiger partial charge in [0.1, 0.15) is 0 Å². The van der Waals surface area contributed by atoms with Crippen LogP contribution in [0.15, 0.2) is 36.7 Å². The van der Waals surface area contributed by atoms with Crippen LogP contribution >= 0.6 is 0 Å². The van der Waals surface area contributed by atoms with Crippen molar-refractivity contribution in [2.45, 2.75) is 19.8 Å². The molecule has 1 aromatic heterocycles. The molecule has 0 radical (unpaired) electrons. The summed E-state index contributed by atoms with van der Waals surface area (Å²) in [6.45, 7) is 2.01. The van der Waals surface area contributed by atoms with Gasteiger partial charge in [-0.3, -0.25) is 4.79 Å². The van der Waals surface area contributed by atoms with Gasteiger partial charge in [0, 0.05) is 24.5 Å². The monoisotopic (exact) mass is 271 g/mol. The van der Waals surface area contributed by atoms with Crippen LogP contribution in [0.5, 0.6) is 6.01 Å². The Labute approximate surface area is 118 Å². The van der Waals surface area contributed by atoms with Gasteiger partial charge in [-0.15, -0.1) is 0 Å². The van der Waals surface area contributed by atoms with E-state index in [4.69, 9.17) is 4.74 Å². The van der Waals surface area contributed by atoms with Gasteiger partial charge < -0.3 is 10.1 Å². The quantitative estimate of drug-likeness (QED) is 0.906. The van der Waals surface area contributed by atoms with Crippen LogP contribution < -0.4 is 10.1 Å². The number of carbonyl (C=O) groups excluding carboxylic acids is 1. The first-order valence-corrected chi connectivity index (χ1v) is 6.39. The first-order chi connectivity index (χ1) is 9.67. The fourth-order valence-corrected chi connectivity index (χ4v) is 1.70. The summed E-state index contributed by atoms with van der Waals surface area (Å²) in [5, 5.41) is 2.86. The Kier molecular flexibility index (Phi) is 4.65. The maximum Gasteiger partial charge on any atom is 0.316 e. The normalized spacial score (nSPS) is 10.1. The molecule has 20 heavy (non-hydrogen) atoms. The van der Waals surface area contributed by atoms with Gasteiger partial charge in [-0.25, -0.2) is 9.97 Å². The Balaban J connectivity index is 1.83. The lowest BCUT2D eigenvalue weighted by atomic mass is 10.2. The largest absolute Gasteiger partial charge is 0.467 e. The lowest BCUT2D eigenvalue weighted by Gasteiger charge is -2.05. The van der Waals surface area contributed by atoms with E-state index in [1.807, 2.05) is 31.2 Å². The molecule has 104 valence electrons. The van der Waals surface area contributed by atoms with E-state index in [9.17, 15) is 4.79 Å². The van der Waals surface area contributed by atoms with Gasteiger partial charge in [0.15, 0.2) is 0 Å². The molecule has 1 N–H and O–H groups in total. The van der Waals surface area contributed by atoms with E-state index in [0.717, 1.165) is 11.3 Å². The number of amides is 1. The maximum absolute atomic E-state index is 11.8. The van der Waals surface area contributed by atoms with Crippen molar-refractivity contribution in [3.05, 3.63) is 47.8 Å². The first-order valence-electron chi connectivity index (χ1n) is 6.39. The summed E-state index contributed by atoms with van der Waals surface area (Å²) in [4.78, 5) is 19.8. The molecule has 5 heteroatoms. The minimum Gasteiger partial charge on any atom is -0.467 e. The number of anilines is 1. The van der Waals surface area contributed by atoms with Gasteiger partial charge in [-0.05, 0) is 31.0 Å². The van der Waals surface area contributed by atoms with E-state index in [1.54, 1.807) is 12.4 Å². The number of hydrogen-bond acceptors (Lipinski definition) is 4. The van der Waals surface area contributed by atoms with Gasteiger partial charge in [-0.1, -0.05) is 17.7 Å². The standard InChI is InChI=1S/C15H17N3O2/c1-11-3-6-13(7-4-11)18-14(19)8-5-12-9-16-15(20-2)17-10-12/h3-4,6-7,9-10H,5,8H2,1-2H3,(H,18,19). The maximum atomic E-state index is 11.8. The SMILES string of the molecule is COc1ncc(CCC(=O)Nc2ccc(C)cc2)cn1. The van der Waals surface area contributed by atoms with Crippen molar-refractivity contribution >= 4 is 11.6 Å². The third-order valence-electron chi connectivity index (χ3n) is 2.84. The van der Waals surface area contributed by atoms with E-state index in [1.165, 1.54) is 12.7 Å². The molecule has 1 amide bonds. The summed E-state index contributed by atoms with van der Waals surface area (Å²) >= 11 is 0. The fourth-order valence-electron chi connectivity index (χ4n) is 1.70. The Morgan fingerprint density at radius 3 is 2.45 bits per heavy atom. The molecule has 5 nitrogen and oxygen atoms in total. The van der Waals surface area contributed by atoms with Crippen molar-refractivity contribution < 1.29 is 9.53 Å². The van der Waals surface area contributed by atoms with Crippen molar-refractivity contribution in [1.82, 2.24) is 9.97 Å². The molecule has 0 saturated carbocycles. The highest BCUT2D eigenvalue weighted by molar-refractivity contribution is 5.90. The zero-order valence-corrected chi connectivity index (χ0v) is 11.6. The first kappa shape index (κ1) is 14.0. The summed E-state index contributed by atoms with van der Waals surface area (Å²) in [6.07, 6.45) is 4.33. The van der Waals surface area contributed by atoms with E-state index in [0.29, 0.717) is 18.9 Å². The molecule has 2 rings (SSSR count). The molecule has 0 fully saturated rings. The molecule has 0 bridgehead atoms. The second kappa shape index (κ2) is 6.65. The van der Waals surface area contributed by atoms with Crippen LogP contribution in [0.4, 0.5) is 5.69 Å². The number of rotatable bonds is 5. The molecule has 1 aromatic carbocycles. The van der Waals surface area contributed by atoms with Crippen LogP contribution in [-0.4, -0.2) is 23.0 Å². The van der Waals surface area contributed by atoms with Crippen LogP contribution in [0, 0.1) is 6.92 Å². The van der Waals surface area contributed by atoms with Crippen molar-refractivity contribution in [2.75, 3.05) is 12.4 Å². The molecule has 0 aliphatic carbocycles. The Hall–Kier alpha value is -2.43. The lowest BCUT2D eigenvalue weighted by Crippen LogP contribution is -2.12. The van der Waals surface area contributed by atoms with Gasteiger partial charge in [0.2, 0.25) is 5.91 Å². The van der Waals surface area contributed by atoms with Crippen molar-refractivity contribution in [1.29, 1.82) is 0 Å². The average molecular weight is 271 g/mol. The fraction of sp³-hybridized carbons (Fsp3) is 0.267. The van der Waals surface area contributed by atoms with Gasteiger partial charge in [-0.2, -0.15) is 0 Å². The summed E-state index contributed by atoms with van der Waals surface area (Å²) in [6, 6.07) is 8.05. The molecule has 0 spiro atoms. The number of carbonyl (C=O) groups is 1. The number of benzene rings is 1. The Morgan fingerprint density at radius 2 is 1.85 bits per heavy atom. The third-order valence-corrected chi connectivity index (χ3v) is 2.84. The number of aryl methyl sites for hydroxylation is 2. The molecule has 0 unspecified atom stereocenters. The number of hydrogen-bond donors (Lipinski definition) is 1. The van der Waals surface area contributed by atoms with E-state index >= 15 is 0 Å². The molecule has 1 heterocycles. The average Bonchev–Trinajstić information content (AvgIpc) is 2.48. The predicted molar refractivity (Wildman–Crippen MR) is 76.7 cm³/mol. The van der Waals surface area contributed by atoms with Crippen molar-refractivity contribution in [2.24, 2.45) is 0 Å². The smallest absolute Gasteiger partial charge is 0.316 e. The molecule has 0 aliphatic rings. The Morgan fingerprint density at radius 1 is 1.20 bits per heavy atom. The molecule has 0 atom stereocenters. The highest BCUT2D eigenvalue weighted by Gasteiger charge is 2.04. The highest BCUT2D eigenvalue weighted by Crippen LogP contribution is 2.10. The van der Waals surface area contributed by atoms with Crippen molar-refractivity contribution in [3.8, 4) is 6.01 Å². The van der Waals surface area contributed by atoms with E-state index in [2.05, 4.69) is 15.3 Å². The van der Waals surface area contributed by atoms with Crippen LogP contribution in [0.2, 0.25) is 0 Å². The van der Waals surface area contributed by atoms with Gasteiger partial charge in [0.05, 0.1) is 7.11 Å². The minimum absolute atomic E-state index is 0.0235. The summed E-state index contributed by atoms with van der Waals surface area (Å²) in [5.41, 5.74) is 2.88. The van der Waals surface area contributed by atoms with Crippen LogP contribution in [0.25, 0.3) is 0 Å². The number of methoxy groups -OCH3 is 1. The van der Waals surface area contributed by atoms with Crippen LogP contribution in [-0.2, 0) is 11.2 Å². The summed E-state index contributed by atoms with van der Waals surface area (Å²) in [5.74, 6) is -0.0235. The summed E-state index contributed by atoms with van der Waals surface area (Å²) in [7, 11) is 1.52. The second-order valence-corrected chi connectivity index (χ2v) is 4.49. The number of nitrogens with zero attached hydrogens (tertiary/aromatic N) is 2. The van der Waals surface area contributed by atoms with E-state index in [-0.39, 0.29) is 5.91 Å². The molecular formula is C15H17N3O2. The zero-order chi connectivity index (χ0) is 14.4. The zero-order valence-electron chi connectivity index (χ0n) is 11.6. The second-order valence-electron chi connectivity index (χ2n) is 4.49. The molecule has 0 saturated heterocycles. The Bertz CT molecular complexity index is 565. The van der Waals surface area contributed by atoms with Crippen LogP contribution in [0.1, 0.15) is 17.5 Å². The summed E-state index contributed by atoms with van der Waals surface area (Å²) < 4.78 is 4.88. The highest BCUT2D eigenvalue weighted by atomic mass is 16.5. The number of ether oxygens (including phenoxy) is 1. The molecule has 2 aromatic rings. The minimum atomic E-state index is -0.0235. The third kappa shape index (κ3) is 4.05. The number of nitrogens with one attached hydrogen (secondary N) is 1. The predicted octanol–water partition coefficient (Wildman–Crippen LogP) is 2.36. The van der Waals surface area contributed by atoms with Crippen molar-refractivity contribution in [3.63, 3.8) is 0 Å². The van der Waals surface area contributed by atoms with Gasteiger partial charge in [0.25, 0.3) is 0 Å². The van der Waals surface area contributed by atoms with Gasteiger partial charge >= 0.3 is 6.01 Å². The lowest BCUT2D eigenvalue weighted by molar-refractivity contribution is -0.116. The van der Waals surface area contributed by atoms with E-state index < -0.39 is 0 Å². The van der Waals surface area contributed by atoms with Crippen LogP contribution in [0.3, 0.4) is 0 Å². The topological polar surface area (TPSA) is 64.1 Å².